The smallest absolute Gasteiger partial charge is 0.230 e. The van der Waals surface area contributed by atoms with E-state index in [1.54, 1.807) is 14.2 Å². The molecule has 3 rings (SSSR count). The van der Waals surface area contributed by atoms with E-state index in [1.807, 2.05) is 25.1 Å². The van der Waals surface area contributed by atoms with Crippen LogP contribution in [0.25, 0.3) is 11.5 Å². The molecule has 2 heterocycles. The van der Waals surface area contributed by atoms with Crippen LogP contribution in [0.3, 0.4) is 0 Å². The summed E-state index contributed by atoms with van der Waals surface area (Å²) in [7, 11) is 3.28. The van der Waals surface area contributed by atoms with Gasteiger partial charge in [0.15, 0.2) is 0 Å². The summed E-state index contributed by atoms with van der Waals surface area (Å²) in [5.74, 6) is 2.85. The van der Waals surface area contributed by atoms with Crippen molar-refractivity contribution in [2.45, 2.75) is 32.9 Å². The number of methoxy groups -OCH3 is 2. The maximum atomic E-state index is 5.93. The average Bonchev–Trinajstić information content (AvgIpc) is 3.01. The molecule has 6 nitrogen and oxygen atoms in total. The van der Waals surface area contributed by atoms with Crippen LogP contribution >= 0.6 is 0 Å². The number of benzene rings is 1. The van der Waals surface area contributed by atoms with Gasteiger partial charge in [-0.2, -0.15) is 0 Å². The largest absolute Gasteiger partial charge is 0.497 e. The number of nitrogens with zero attached hydrogens (tertiary/aromatic N) is 2. The van der Waals surface area contributed by atoms with Gasteiger partial charge in [-0.15, -0.1) is 0 Å². The van der Waals surface area contributed by atoms with E-state index in [2.05, 4.69) is 11.8 Å². The SMILES string of the molecule is CC[C@H]1CN(Cc2nc(-c3cc(OC)ccc3OC)oc2C)CCO1. The number of rotatable bonds is 6. The van der Waals surface area contributed by atoms with Gasteiger partial charge in [-0.05, 0) is 31.5 Å². The Labute approximate surface area is 148 Å². The van der Waals surface area contributed by atoms with Gasteiger partial charge in [-0.25, -0.2) is 4.98 Å². The molecule has 136 valence electrons. The number of oxazole rings is 1. The van der Waals surface area contributed by atoms with Crippen LogP contribution < -0.4 is 9.47 Å². The Morgan fingerprint density at radius 3 is 2.84 bits per heavy atom. The van der Waals surface area contributed by atoms with E-state index in [9.17, 15) is 0 Å². The Balaban J connectivity index is 1.83. The van der Waals surface area contributed by atoms with Gasteiger partial charge in [0.2, 0.25) is 5.89 Å². The fourth-order valence-electron chi connectivity index (χ4n) is 3.05. The summed E-state index contributed by atoms with van der Waals surface area (Å²) in [5.41, 5.74) is 1.75. The van der Waals surface area contributed by atoms with Gasteiger partial charge in [0.25, 0.3) is 0 Å². The Bertz CT molecular complexity index is 713. The van der Waals surface area contributed by atoms with Gasteiger partial charge in [0, 0.05) is 19.6 Å². The molecule has 1 atom stereocenters. The number of morpholine rings is 1. The molecule has 0 bridgehead atoms. The van der Waals surface area contributed by atoms with Crippen molar-refractivity contribution >= 4 is 0 Å². The van der Waals surface area contributed by atoms with E-state index in [4.69, 9.17) is 23.6 Å². The van der Waals surface area contributed by atoms with Crippen LogP contribution in [0, 0.1) is 6.92 Å². The molecule has 1 aromatic heterocycles. The van der Waals surface area contributed by atoms with Crippen molar-refractivity contribution in [2.75, 3.05) is 33.9 Å². The summed E-state index contributed by atoms with van der Waals surface area (Å²) in [4.78, 5) is 7.09. The fraction of sp³-hybridized carbons (Fsp3) is 0.526. The van der Waals surface area contributed by atoms with Gasteiger partial charge in [-0.3, -0.25) is 4.90 Å². The molecule has 0 N–H and O–H groups in total. The van der Waals surface area contributed by atoms with Crippen LogP contribution in [-0.2, 0) is 11.3 Å². The molecule has 0 amide bonds. The van der Waals surface area contributed by atoms with Crippen LogP contribution in [0.1, 0.15) is 24.8 Å². The molecule has 1 aromatic carbocycles. The summed E-state index contributed by atoms with van der Waals surface area (Å²) in [6, 6.07) is 5.61. The second-order valence-electron chi connectivity index (χ2n) is 6.22. The van der Waals surface area contributed by atoms with Gasteiger partial charge >= 0.3 is 0 Å². The zero-order valence-corrected chi connectivity index (χ0v) is 15.4. The quantitative estimate of drug-likeness (QED) is 0.800. The van der Waals surface area contributed by atoms with Crippen molar-refractivity contribution in [3.05, 3.63) is 29.7 Å². The highest BCUT2D eigenvalue weighted by Gasteiger charge is 2.22. The van der Waals surface area contributed by atoms with Crippen molar-refractivity contribution in [3.8, 4) is 23.0 Å². The molecule has 1 aliphatic heterocycles. The molecular formula is C19H26N2O4. The lowest BCUT2D eigenvalue weighted by atomic mass is 10.2. The van der Waals surface area contributed by atoms with Crippen LogP contribution in [0.5, 0.6) is 11.5 Å². The van der Waals surface area contributed by atoms with Crippen LogP contribution in [0.4, 0.5) is 0 Å². The van der Waals surface area contributed by atoms with Gasteiger partial charge < -0.3 is 18.6 Å². The van der Waals surface area contributed by atoms with E-state index in [0.29, 0.717) is 17.7 Å². The number of aromatic nitrogens is 1. The Kier molecular flexibility index (Phi) is 5.60. The standard InChI is InChI=1S/C19H26N2O4/c1-5-14-11-21(8-9-24-14)12-17-13(2)25-19(20-17)16-10-15(22-3)6-7-18(16)23-4/h6-7,10,14H,5,8-9,11-12H2,1-4H3/t14-/m0/s1. The molecule has 25 heavy (non-hydrogen) atoms. The monoisotopic (exact) mass is 346 g/mol. The van der Waals surface area contributed by atoms with E-state index in [0.717, 1.165) is 55.4 Å². The lowest BCUT2D eigenvalue weighted by Crippen LogP contribution is -2.41. The number of hydrogen-bond acceptors (Lipinski definition) is 6. The molecule has 1 fully saturated rings. The summed E-state index contributed by atoms with van der Waals surface area (Å²) in [6.45, 7) is 7.49. The number of hydrogen-bond donors (Lipinski definition) is 0. The third-order valence-electron chi connectivity index (χ3n) is 4.58. The second kappa shape index (κ2) is 7.89. The molecule has 6 heteroatoms. The lowest BCUT2D eigenvalue weighted by Gasteiger charge is -2.31. The predicted molar refractivity (Wildman–Crippen MR) is 95.1 cm³/mol. The van der Waals surface area contributed by atoms with Crippen molar-refractivity contribution in [3.63, 3.8) is 0 Å². The molecule has 1 aliphatic rings. The highest BCUT2D eigenvalue weighted by molar-refractivity contribution is 5.65. The second-order valence-corrected chi connectivity index (χ2v) is 6.22. The average molecular weight is 346 g/mol. The third-order valence-corrected chi connectivity index (χ3v) is 4.58. The molecule has 1 saturated heterocycles. The predicted octanol–water partition coefficient (Wildman–Crippen LogP) is 3.28. The fourth-order valence-corrected chi connectivity index (χ4v) is 3.05. The zero-order valence-electron chi connectivity index (χ0n) is 15.4. The maximum Gasteiger partial charge on any atom is 0.230 e. The van der Waals surface area contributed by atoms with Gasteiger partial charge in [0.1, 0.15) is 17.3 Å². The summed E-state index contributed by atoms with van der Waals surface area (Å²) in [6.07, 6.45) is 1.33. The first-order valence-electron chi connectivity index (χ1n) is 8.67. The lowest BCUT2D eigenvalue weighted by molar-refractivity contribution is -0.0328. The summed E-state index contributed by atoms with van der Waals surface area (Å²) < 4.78 is 22.4. The number of aryl methyl sites for hydroxylation is 1. The van der Waals surface area contributed by atoms with E-state index in [1.165, 1.54) is 0 Å². The zero-order chi connectivity index (χ0) is 17.8. The Morgan fingerprint density at radius 1 is 1.28 bits per heavy atom. The topological polar surface area (TPSA) is 57.0 Å². The van der Waals surface area contributed by atoms with Crippen molar-refractivity contribution < 1.29 is 18.6 Å². The Hall–Kier alpha value is -2.05. The molecule has 2 aromatic rings. The minimum atomic E-state index is 0.305. The molecular weight excluding hydrogens is 320 g/mol. The Morgan fingerprint density at radius 2 is 2.12 bits per heavy atom. The molecule has 0 radical (unpaired) electrons. The van der Waals surface area contributed by atoms with Crippen LogP contribution in [0.2, 0.25) is 0 Å². The van der Waals surface area contributed by atoms with E-state index in [-0.39, 0.29) is 0 Å². The third kappa shape index (κ3) is 3.96. The maximum absolute atomic E-state index is 5.93. The van der Waals surface area contributed by atoms with Crippen molar-refractivity contribution in [2.24, 2.45) is 0 Å². The van der Waals surface area contributed by atoms with E-state index >= 15 is 0 Å². The first-order valence-corrected chi connectivity index (χ1v) is 8.67. The van der Waals surface area contributed by atoms with Gasteiger partial charge in [-0.1, -0.05) is 6.92 Å². The first kappa shape index (κ1) is 17.8. The normalized spacial score (nSPS) is 18.3. The van der Waals surface area contributed by atoms with Crippen LogP contribution in [0.15, 0.2) is 22.6 Å². The van der Waals surface area contributed by atoms with E-state index < -0.39 is 0 Å². The summed E-state index contributed by atoms with van der Waals surface area (Å²) in [5, 5.41) is 0. The van der Waals surface area contributed by atoms with Crippen molar-refractivity contribution in [1.82, 2.24) is 9.88 Å². The molecule has 0 saturated carbocycles. The van der Waals surface area contributed by atoms with Crippen molar-refractivity contribution in [1.29, 1.82) is 0 Å². The van der Waals surface area contributed by atoms with Gasteiger partial charge in [0.05, 0.1) is 38.2 Å². The first-order chi connectivity index (χ1) is 12.1. The minimum absolute atomic E-state index is 0.305. The minimum Gasteiger partial charge on any atom is -0.497 e. The molecule has 0 aliphatic carbocycles. The number of ether oxygens (including phenoxy) is 3. The summed E-state index contributed by atoms with van der Waals surface area (Å²) >= 11 is 0. The highest BCUT2D eigenvalue weighted by atomic mass is 16.5. The molecule has 0 unspecified atom stereocenters. The molecule has 0 spiro atoms. The van der Waals surface area contributed by atoms with Crippen LogP contribution in [-0.4, -0.2) is 49.9 Å². The highest BCUT2D eigenvalue weighted by Crippen LogP contribution is 2.34.